The zero-order chi connectivity index (χ0) is 33.9. The van der Waals surface area contributed by atoms with E-state index in [0.717, 1.165) is 38.5 Å². The smallest absolute Gasteiger partial charge is 0.329 e. The number of hydrogen-bond acceptors (Lipinski definition) is 7. The lowest BCUT2D eigenvalue weighted by molar-refractivity contribution is -0.154. The molecule has 3 fully saturated rings. The average Bonchev–Trinajstić information content (AvgIpc) is 3.39. The Kier molecular flexibility index (Phi) is 11.7. The summed E-state index contributed by atoms with van der Waals surface area (Å²) in [6.07, 6.45) is 5.96. The van der Waals surface area contributed by atoms with Crippen LogP contribution in [0.1, 0.15) is 107 Å². The lowest BCUT2D eigenvalue weighted by Gasteiger charge is -2.37. The van der Waals surface area contributed by atoms with Crippen LogP contribution in [0.15, 0.2) is 0 Å². The van der Waals surface area contributed by atoms with E-state index in [0.29, 0.717) is 19.4 Å². The van der Waals surface area contributed by atoms with Crippen molar-refractivity contribution in [3.05, 3.63) is 0 Å². The number of urea groups is 1. The van der Waals surface area contributed by atoms with Gasteiger partial charge in [-0.1, -0.05) is 68.2 Å². The molecule has 1 saturated heterocycles. The fraction of sp³-hybridized carbons (Fsp3) is 0.818. The molecule has 3 rings (SSSR count). The molecule has 0 aromatic rings. The molecule has 0 aromatic carbocycles. The van der Waals surface area contributed by atoms with Crippen LogP contribution in [0.2, 0.25) is 0 Å². The van der Waals surface area contributed by atoms with E-state index in [1.54, 1.807) is 0 Å². The maximum atomic E-state index is 14.2. The van der Waals surface area contributed by atoms with E-state index in [1.165, 1.54) is 4.90 Å². The Morgan fingerprint density at radius 2 is 1.40 bits per heavy atom. The lowest BCUT2D eigenvalue weighted by Crippen LogP contribution is -2.62. The number of primary amides is 1. The zero-order valence-corrected chi connectivity index (χ0v) is 28.4. The minimum atomic E-state index is -1.11. The van der Waals surface area contributed by atoms with Crippen LogP contribution >= 0.6 is 0 Å². The van der Waals surface area contributed by atoms with Crippen molar-refractivity contribution >= 4 is 35.5 Å². The van der Waals surface area contributed by atoms with E-state index in [2.05, 4.69) is 16.0 Å². The average molecular weight is 634 g/mol. The summed E-state index contributed by atoms with van der Waals surface area (Å²) in [6, 6.07) is -4.62. The Bertz CT molecular complexity index is 1130. The van der Waals surface area contributed by atoms with Crippen LogP contribution in [0.4, 0.5) is 4.79 Å². The molecule has 5 atom stereocenters. The third-order valence-electron chi connectivity index (χ3n) is 9.35. The van der Waals surface area contributed by atoms with Crippen LogP contribution in [0.5, 0.6) is 0 Å². The molecule has 5 amide bonds. The number of rotatable bonds is 12. The second-order valence-electron chi connectivity index (χ2n) is 15.8. The number of carbonyl (C=O) groups is 6. The normalized spacial score (nSPS) is 22.8. The molecule has 45 heavy (non-hydrogen) atoms. The van der Waals surface area contributed by atoms with E-state index in [-0.39, 0.29) is 23.9 Å². The first-order valence-corrected chi connectivity index (χ1v) is 16.5. The van der Waals surface area contributed by atoms with E-state index in [1.807, 2.05) is 55.4 Å². The summed E-state index contributed by atoms with van der Waals surface area (Å²) in [5.41, 5.74) is 3.86. The number of esters is 1. The van der Waals surface area contributed by atoms with Crippen molar-refractivity contribution in [3.8, 4) is 0 Å². The van der Waals surface area contributed by atoms with Crippen LogP contribution in [0.25, 0.3) is 0 Å². The number of amides is 5. The van der Waals surface area contributed by atoms with Gasteiger partial charge in [-0.25, -0.2) is 9.59 Å². The molecule has 3 aliphatic rings. The van der Waals surface area contributed by atoms with Gasteiger partial charge in [0.2, 0.25) is 17.6 Å². The van der Waals surface area contributed by atoms with Gasteiger partial charge in [-0.15, -0.1) is 0 Å². The van der Waals surface area contributed by atoms with Gasteiger partial charge in [-0.3, -0.25) is 19.2 Å². The second-order valence-corrected chi connectivity index (χ2v) is 15.8. The predicted molar refractivity (Wildman–Crippen MR) is 168 cm³/mol. The van der Waals surface area contributed by atoms with Gasteiger partial charge in [0.1, 0.15) is 24.2 Å². The summed E-state index contributed by atoms with van der Waals surface area (Å²) in [7, 11) is 0. The molecule has 254 valence electrons. The van der Waals surface area contributed by atoms with Gasteiger partial charge in [-0.05, 0) is 67.1 Å². The van der Waals surface area contributed by atoms with E-state index >= 15 is 0 Å². The van der Waals surface area contributed by atoms with E-state index < -0.39 is 70.5 Å². The van der Waals surface area contributed by atoms with Crippen LogP contribution in [0.3, 0.4) is 0 Å². The number of ether oxygens (including phenoxy) is 1. The van der Waals surface area contributed by atoms with Gasteiger partial charge < -0.3 is 31.3 Å². The fourth-order valence-corrected chi connectivity index (χ4v) is 6.19. The monoisotopic (exact) mass is 633 g/mol. The Morgan fingerprint density at radius 1 is 0.844 bits per heavy atom. The molecule has 2 aliphatic carbocycles. The van der Waals surface area contributed by atoms with Crippen molar-refractivity contribution < 1.29 is 33.5 Å². The van der Waals surface area contributed by atoms with Crippen LogP contribution in [0, 0.1) is 28.6 Å². The summed E-state index contributed by atoms with van der Waals surface area (Å²) in [5, 5.41) is 8.28. The highest BCUT2D eigenvalue weighted by atomic mass is 16.5. The van der Waals surface area contributed by atoms with E-state index in [4.69, 9.17) is 10.5 Å². The first kappa shape index (κ1) is 36.3. The summed E-state index contributed by atoms with van der Waals surface area (Å²) < 4.78 is 5.71. The first-order valence-electron chi connectivity index (χ1n) is 16.5. The lowest BCUT2D eigenvalue weighted by atomic mass is 9.85. The number of Topliss-reactive ketones (excluding diaryl/α,β-unsaturated/α-hetero) is 1. The van der Waals surface area contributed by atoms with Crippen molar-refractivity contribution in [2.45, 2.75) is 137 Å². The number of likely N-dealkylation sites (tertiary alicyclic amines) is 1. The van der Waals surface area contributed by atoms with Gasteiger partial charge >= 0.3 is 12.0 Å². The molecule has 1 aliphatic heterocycles. The molecule has 0 aromatic heterocycles. The largest absolute Gasteiger partial charge is 0.461 e. The zero-order valence-electron chi connectivity index (χ0n) is 28.4. The quantitative estimate of drug-likeness (QED) is 0.189. The van der Waals surface area contributed by atoms with Crippen molar-refractivity contribution in [1.29, 1.82) is 0 Å². The fourth-order valence-electron chi connectivity index (χ4n) is 6.19. The summed E-state index contributed by atoms with van der Waals surface area (Å²) >= 11 is 0. The third kappa shape index (κ3) is 9.90. The molecular weight excluding hydrogens is 578 g/mol. The molecule has 5 N–H and O–H groups in total. The Labute approximate surface area is 267 Å². The highest BCUT2D eigenvalue weighted by molar-refractivity contribution is 6.37. The summed E-state index contributed by atoms with van der Waals surface area (Å²) in [4.78, 5) is 80.2. The summed E-state index contributed by atoms with van der Waals surface area (Å²) in [6.45, 7) is 15.3. The van der Waals surface area contributed by atoms with Crippen molar-refractivity contribution in [3.63, 3.8) is 0 Å². The van der Waals surface area contributed by atoms with Gasteiger partial charge in [0, 0.05) is 6.54 Å². The standard InChI is InChI=1S/C33H55N5O7/c1-18(2)20-16-23(28(41)35-22(15-19-13-14-19)24(39)27(34)40)38(17-20)29(42)25(32(3,4)5)36-31(44)37-26(33(6,7)8)30(43)45-21-11-9-10-12-21/h18-23,25-26H,9-17H2,1-8H3,(H2,34,40)(H,35,41)(H2,36,37,44)/t20-,22?,23+,25-,26-/m1/s1. The molecule has 12 heteroatoms. The van der Waals surface area contributed by atoms with Crippen LogP contribution in [-0.2, 0) is 28.7 Å². The SMILES string of the molecule is CC(C)[C@@H]1C[C@@H](C(=O)NC(CC2CC2)C(=O)C(N)=O)N(C(=O)[C@@H](NC(=O)N[C@H](C(=O)OC2CCCC2)C(C)(C)C)C(C)(C)C)C1. The van der Waals surface area contributed by atoms with Crippen molar-refractivity contribution in [2.75, 3.05) is 6.54 Å². The molecular formula is C33H55N5O7. The number of carbonyl (C=O) groups excluding carboxylic acids is 6. The second kappa shape index (κ2) is 14.5. The highest BCUT2D eigenvalue weighted by Gasteiger charge is 2.47. The van der Waals surface area contributed by atoms with Gasteiger partial charge in [-0.2, -0.15) is 0 Å². The molecule has 1 unspecified atom stereocenters. The minimum absolute atomic E-state index is 0.00324. The molecule has 0 radical (unpaired) electrons. The molecule has 0 spiro atoms. The third-order valence-corrected chi connectivity index (χ3v) is 9.35. The van der Waals surface area contributed by atoms with Crippen molar-refractivity contribution in [2.24, 2.45) is 34.3 Å². The summed E-state index contributed by atoms with van der Waals surface area (Å²) in [5.74, 6) is -3.03. The number of nitrogens with one attached hydrogen (secondary N) is 3. The number of hydrogen-bond donors (Lipinski definition) is 4. The van der Waals surface area contributed by atoms with Crippen molar-refractivity contribution in [1.82, 2.24) is 20.9 Å². The van der Waals surface area contributed by atoms with Gasteiger partial charge in [0.25, 0.3) is 5.91 Å². The van der Waals surface area contributed by atoms with Gasteiger partial charge in [0.05, 0.1) is 6.04 Å². The highest BCUT2D eigenvalue weighted by Crippen LogP contribution is 2.35. The van der Waals surface area contributed by atoms with Crippen LogP contribution < -0.4 is 21.7 Å². The molecule has 1 heterocycles. The maximum Gasteiger partial charge on any atom is 0.329 e. The Balaban J connectivity index is 1.80. The molecule has 0 bridgehead atoms. The maximum absolute atomic E-state index is 14.2. The Morgan fingerprint density at radius 3 is 1.89 bits per heavy atom. The van der Waals surface area contributed by atoms with Gasteiger partial charge in [0.15, 0.2) is 0 Å². The van der Waals surface area contributed by atoms with E-state index in [9.17, 15) is 28.8 Å². The Hall–Kier alpha value is -3.18. The number of ketones is 1. The topological polar surface area (TPSA) is 177 Å². The predicted octanol–water partition coefficient (Wildman–Crippen LogP) is 2.81. The molecule has 12 nitrogen and oxygen atoms in total. The molecule has 2 saturated carbocycles. The van der Waals surface area contributed by atoms with Crippen LogP contribution in [-0.4, -0.2) is 77.2 Å². The minimum Gasteiger partial charge on any atom is -0.461 e. The number of nitrogens with zero attached hydrogens (tertiary/aromatic N) is 1. The first-order chi connectivity index (χ1) is 20.8. The number of nitrogens with two attached hydrogens (primary N) is 1.